The van der Waals surface area contributed by atoms with Crippen molar-refractivity contribution in [1.82, 2.24) is 9.55 Å². The third-order valence-corrected chi connectivity index (χ3v) is 4.62. The van der Waals surface area contributed by atoms with Crippen molar-refractivity contribution >= 4 is 30.7 Å². The minimum Gasteiger partial charge on any atom is -0.493 e. The summed E-state index contributed by atoms with van der Waals surface area (Å²) in [6.07, 6.45) is 9.29. The quantitative estimate of drug-likeness (QED) is 0.374. The Bertz CT molecular complexity index is 728. The van der Waals surface area contributed by atoms with Gasteiger partial charge < -0.3 is 25.9 Å². The standard InChI is InChI=1S/C21H32N4O3.2ClH/c22-12-5-1-2-6-13-28-20-11-4-3-8-17(20)9-7-10-18(26)14-25-15-19(21(23)27)24-16-25;;/h3-4,8,11,15-16,18,26H,1-2,5-7,9-10,12-14,22H2,(H2,23,27);2*1H. The zero-order chi connectivity index (χ0) is 20.2. The lowest BCUT2D eigenvalue weighted by molar-refractivity contribution is 0.0995. The number of primary amides is 1. The molecule has 1 aromatic carbocycles. The van der Waals surface area contributed by atoms with Gasteiger partial charge in [0.15, 0.2) is 0 Å². The van der Waals surface area contributed by atoms with Gasteiger partial charge in [0.1, 0.15) is 11.4 Å². The van der Waals surface area contributed by atoms with E-state index >= 15 is 0 Å². The average molecular weight is 461 g/mol. The lowest BCUT2D eigenvalue weighted by Gasteiger charge is -2.13. The van der Waals surface area contributed by atoms with E-state index in [0.29, 0.717) is 19.6 Å². The second-order valence-corrected chi connectivity index (χ2v) is 7.03. The van der Waals surface area contributed by atoms with Gasteiger partial charge in [-0.25, -0.2) is 4.98 Å². The van der Waals surface area contributed by atoms with Crippen LogP contribution in [-0.2, 0) is 13.0 Å². The summed E-state index contributed by atoms with van der Waals surface area (Å²) in [4.78, 5) is 15.0. The Morgan fingerprint density at radius 2 is 1.87 bits per heavy atom. The van der Waals surface area contributed by atoms with E-state index in [1.165, 1.54) is 6.33 Å². The summed E-state index contributed by atoms with van der Waals surface area (Å²) in [6, 6.07) is 8.07. The molecule has 1 atom stereocenters. The van der Waals surface area contributed by atoms with E-state index in [2.05, 4.69) is 11.1 Å². The van der Waals surface area contributed by atoms with Crippen molar-refractivity contribution in [2.24, 2.45) is 11.5 Å². The molecule has 1 aromatic heterocycles. The Kier molecular flexibility index (Phi) is 15.0. The van der Waals surface area contributed by atoms with Gasteiger partial charge in [-0.05, 0) is 50.3 Å². The Morgan fingerprint density at radius 1 is 1.13 bits per heavy atom. The largest absolute Gasteiger partial charge is 0.493 e. The third-order valence-electron chi connectivity index (χ3n) is 4.62. The number of benzene rings is 1. The molecule has 30 heavy (non-hydrogen) atoms. The predicted molar refractivity (Wildman–Crippen MR) is 124 cm³/mol. The van der Waals surface area contributed by atoms with E-state index in [-0.39, 0.29) is 30.5 Å². The molecule has 1 heterocycles. The first kappa shape index (κ1) is 28.2. The zero-order valence-electron chi connectivity index (χ0n) is 17.2. The summed E-state index contributed by atoms with van der Waals surface area (Å²) in [7, 11) is 0. The number of rotatable bonds is 14. The van der Waals surface area contributed by atoms with Gasteiger partial charge in [-0.1, -0.05) is 31.0 Å². The second kappa shape index (κ2) is 16.0. The van der Waals surface area contributed by atoms with E-state index in [1.54, 1.807) is 10.8 Å². The average Bonchev–Trinajstić information content (AvgIpc) is 3.14. The number of nitrogens with two attached hydrogens (primary N) is 2. The molecule has 0 spiro atoms. The molecule has 1 amide bonds. The highest BCUT2D eigenvalue weighted by Crippen LogP contribution is 2.21. The van der Waals surface area contributed by atoms with Crippen molar-refractivity contribution in [3.63, 3.8) is 0 Å². The Morgan fingerprint density at radius 3 is 2.57 bits per heavy atom. The van der Waals surface area contributed by atoms with Crippen molar-refractivity contribution in [2.75, 3.05) is 13.2 Å². The number of hydrogen-bond donors (Lipinski definition) is 3. The number of imidazole rings is 1. The number of hydrogen-bond acceptors (Lipinski definition) is 5. The maximum absolute atomic E-state index is 11.1. The van der Waals surface area contributed by atoms with E-state index < -0.39 is 12.0 Å². The molecular formula is C21H34Cl2N4O3. The van der Waals surface area contributed by atoms with Crippen LogP contribution >= 0.6 is 24.8 Å². The normalized spacial score (nSPS) is 11.3. The van der Waals surface area contributed by atoms with Crippen LogP contribution in [0.3, 0.4) is 0 Å². The minimum absolute atomic E-state index is 0. The number of aryl methyl sites for hydroxylation is 1. The van der Waals surface area contributed by atoms with Crippen LogP contribution in [0.2, 0.25) is 0 Å². The highest BCUT2D eigenvalue weighted by Gasteiger charge is 2.10. The molecule has 2 aromatic rings. The van der Waals surface area contributed by atoms with E-state index in [0.717, 1.165) is 56.4 Å². The number of aliphatic hydroxyl groups excluding tert-OH is 1. The van der Waals surface area contributed by atoms with Crippen molar-refractivity contribution in [1.29, 1.82) is 0 Å². The first-order valence-electron chi connectivity index (χ1n) is 10.0. The summed E-state index contributed by atoms with van der Waals surface area (Å²) in [6.45, 7) is 1.86. The first-order chi connectivity index (χ1) is 13.6. The van der Waals surface area contributed by atoms with Crippen molar-refractivity contribution in [3.05, 3.63) is 48.0 Å². The van der Waals surface area contributed by atoms with Crippen LogP contribution in [0.25, 0.3) is 0 Å². The molecule has 0 bridgehead atoms. The molecule has 0 saturated carbocycles. The lowest BCUT2D eigenvalue weighted by Crippen LogP contribution is -2.15. The molecule has 0 aliphatic heterocycles. The Labute approximate surface area is 191 Å². The summed E-state index contributed by atoms with van der Waals surface area (Å²) < 4.78 is 7.63. The van der Waals surface area contributed by atoms with Crippen LogP contribution in [0, 0.1) is 0 Å². The van der Waals surface area contributed by atoms with Gasteiger partial charge >= 0.3 is 0 Å². The molecule has 0 aliphatic rings. The number of para-hydroxylation sites is 1. The van der Waals surface area contributed by atoms with Crippen molar-refractivity contribution < 1.29 is 14.6 Å². The van der Waals surface area contributed by atoms with Gasteiger partial charge in [-0.2, -0.15) is 0 Å². The fourth-order valence-corrected chi connectivity index (χ4v) is 3.08. The van der Waals surface area contributed by atoms with E-state index in [4.69, 9.17) is 16.2 Å². The highest BCUT2D eigenvalue weighted by atomic mass is 35.5. The molecule has 2 rings (SSSR count). The van der Waals surface area contributed by atoms with Gasteiger partial charge in [0.05, 0.1) is 19.0 Å². The van der Waals surface area contributed by atoms with Crippen LogP contribution < -0.4 is 16.2 Å². The first-order valence-corrected chi connectivity index (χ1v) is 10.0. The lowest BCUT2D eigenvalue weighted by atomic mass is 10.0. The molecule has 7 nitrogen and oxygen atoms in total. The van der Waals surface area contributed by atoms with Gasteiger partial charge in [0.2, 0.25) is 0 Å². The van der Waals surface area contributed by atoms with E-state index in [9.17, 15) is 9.90 Å². The SMILES string of the molecule is Cl.Cl.NCCCCCCOc1ccccc1CCCC(O)Cn1cnc(C(N)=O)c1. The minimum atomic E-state index is -0.566. The summed E-state index contributed by atoms with van der Waals surface area (Å²) in [5.74, 6) is 0.362. The molecule has 0 aliphatic carbocycles. The van der Waals surface area contributed by atoms with Gasteiger partial charge in [0, 0.05) is 12.7 Å². The summed E-state index contributed by atoms with van der Waals surface area (Å²) >= 11 is 0. The van der Waals surface area contributed by atoms with Crippen LogP contribution in [0.1, 0.15) is 54.6 Å². The van der Waals surface area contributed by atoms with Crippen molar-refractivity contribution in [2.45, 2.75) is 57.6 Å². The Hall–Kier alpha value is -1.80. The number of carbonyl (C=O) groups excluding carboxylic acids is 1. The molecule has 1 unspecified atom stereocenters. The highest BCUT2D eigenvalue weighted by molar-refractivity contribution is 5.90. The number of ether oxygens (including phenoxy) is 1. The number of nitrogens with zero attached hydrogens (tertiary/aromatic N) is 2. The fraction of sp³-hybridized carbons (Fsp3) is 0.524. The van der Waals surface area contributed by atoms with Crippen LogP contribution in [0.5, 0.6) is 5.75 Å². The molecule has 0 radical (unpaired) electrons. The molecule has 0 fully saturated rings. The zero-order valence-corrected chi connectivity index (χ0v) is 18.9. The number of halogens is 2. The van der Waals surface area contributed by atoms with Crippen LogP contribution in [0.15, 0.2) is 36.8 Å². The summed E-state index contributed by atoms with van der Waals surface area (Å²) in [5.41, 5.74) is 12.1. The van der Waals surface area contributed by atoms with E-state index in [1.807, 2.05) is 18.2 Å². The number of unbranched alkanes of at least 4 members (excludes halogenated alkanes) is 3. The smallest absolute Gasteiger partial charge is 0.268 e. The molecule has 9 heteroatoms. The van der Waals surface area contributed by atoms with Crippen LogP contribution in [0.4, 0.5) is 0 Å². The van der Waals surface area contributed by atoms with Gasteiger partial charge in [-0.3, -0.25) is 4.79 Å². The molecule has 5 N–H and O–H groups in total. The molecule has 170 valence electrons. The maximum atomic E-state index is 11.1. The molecule has 0 saturated heterocycles. The number of carbonyl (C=O) groups is 1. The second-order valence-electron chi connectivity index (χ2n) is 7.03. The predicted octanol–water partition coefficient (Wildman–Crippen LogP) is 3.11. The Balaban J connectivity index is 0.00000420. The monoisotopic (exact) mass is 460 g/mol. The maximum Gasteiger partial charge on any atom is 0.268 e. The fourth-order valence-electron chi connectivity index (χ4n) is 3.08. The number of aromatic nitrogens is 2. The van der Waals surface area contributed by atoms with Crippen molar-refractivity contribution in [3.8, 4) is 5.75 Å². The summed E-state index contributed by atoms with van der Waals surface area (Å²) in [5, 5.41) is 10.2. The van der Waals surface area contributed by atoms with Crippen LogP contribution in [-0.4, -0.2) is 39.8 Å². The molecular weight excluding hydrogens is 427 g/mol. The van der Waals surface area contributed by atoms with Gasteiger partial charge in [-0.15, -0.1) is 24.8 Å². The number of aliphatic hydroxyl groups is 1. The third kappa shape index (κ3) is 10.3. The number of amides is 1. The van der Waals surface area contributed by atoms with Gasteiger partial charge in [0.25, 0.3) is 5.91 Å². The topological polar surface area (TPSA) is 116 Å².